The van der Waals surface area contributed by atoms with Gasteiger partial charge in [0.15, 0.2) is 17.5 Å². The van der Waals surface area contributed by atoms with Gasteiger partial charge in [0.2, 0.25) is 5.91 Å². The van der Waals surface area contributed by atoms with Gasteiger partial charge in [0.1, 0.15) is 18.5 Å². The van der Waals surface area contributed by atoms with Gasteiger partial charge < -0.3 is 36.7 Å². The van der Waals surface area contributed by atoms with Gasteiger partial charge in [0.05, 0.1) is 24.4 Å². The number of carbonyl (C=O) groups is 1. The van der Waals surface area contributed by atoms with Crippen molar-refractivity contribution in [2.75, 3.05) is 18.5 Å². The number of anilines is 1. The lowest BCUT2D eigenvalue weighted by atomic mass is 9.94. The van der Waals surface area contributed by atoms with Gasteiger partial charge in [0.25, 0.3) is 0 Å². The summed E-state index contributed by atoms with van der Waals surface area (Å²) in [7, 11) is 0. The molecule has 1 heterocycles. The van der Waals surface area contributed by atoms with Crippen LogP contribution in [0.1, 0.15) is 22.3 Å². The molecule has 2 aromatic carbocycles. The fraction of sp³-hybridized carbons (Fsp3) is 0.292. The van der Waals surface area contributed by atoms with Crippen molar-refractivity contribution < 1.29 is 32.9 Å². The molecule has 206 valence electrons. The molecule has 1 aliphatic heterocycles. The number of nitrogens with one attached hydrogen (secondary N) is 2. The van der Waals surface area contributed by atoms with E-state index >= 15 is 0 Å². The van der Waals surface area contributed by atoms with Gasteiger partial charge in [0, 0.05) is 29.6 Å². The zero-order valence-electron chi connectivity index (χ0n) is 20.2. The molecule has 0 radical (unpaired) electrons. The number of aliphatic imine (C=N–C) groups is 1. The quantitative estimate of drug-likeness (QED) is 0.0806. The molecule has 14 heteroatoms. The second-order valence-electron chi connectivity index (χ2n) is 8.20. The molecule has 4 atom stereocenters. The van der Waals surface area contributed by atoms with Gasteiger partial charge in [-0.3, -0.25) is 15.2 Å². The number of hydrogen-bond acceptors (Lipinski definition) is 9. The summed E-state index contributed by atoms with van der Waals surface area (Å²) in [5.41, 5.74) is 11.8. The maximum Gasteiger partial charge on any atom is 0.248 e. The SMILES string of the molecule is C=NC=N.NC(=O)c1cccc(NCC2CC(N(N)/C=C(\N)c3cc(F)c(F)c(F)c3)C(O)C(CO)O2)c1. The van der Waals surface area contributed by atoms with E-state index in [0.717, 1.165) is 29.7 Å². The van der Waals surface area contributed by atoms with Gasteiger partial charge in [-0.25, -0.2) is 19.0 Å². The minimum absolute atomic E-state index is 0.139. The van der Waals surface area contributed by atoms with E-state index in [1.54, 1.807) is 24.3 Å². The number of aliphatic hydroxyl groups is 2. The Kier molecular flexibility index (Phi) is 11.2. The third kappa shape index (κ3) is 8.01. The average molecular weight is 538 g/mol. The normalized spacial score (nSPS) is 21.1. The summed E-state index contributed by atoms with van der Waals surface area (Å²) in [6, 6.07) is 7.18. The number of nitrogens with zero attached hydrogens (tertiary/aromatic N) is 2. The van der Waals surface area contributed by atoms with E-state index in [1.807, 2.05) is 0 Å². The maximum atomic E-state index is 13.5. The Morgan fingerprint density at radius 3 is 2.42 bits per heavy atom. The number of hydrazine groups is 1. The van der Waals surface area contributed by atoms with E-state index in [2.05, 4.69) is 17.0 Å². The van der Waals surface area contributed by atoms with Crippen molar-refractivity contribution >= 4 is 30.3 Å². The lowest BCUT2D eigenvalue weighted by Gasteiger charge is -2.42. The number of aliphatic hydroxyl groups excluding tert-OH is 2. The monoisotopic (exact) mass is 537 g/mol. The molecule has 0 aliphatic carbocycles. The zero-order chi connectivity index (χ0) is 28.4. The van der Waals surface area contributed by atoms with Gasteiger partial charge in [-0.15, -0.1) is 0 Å². The van der Waals surface area contributed by atoms with Crippen LogP contribution in [0.15, 0.2) is 47.6 Å². The highest BCUT2D eigenvalue weighted by Gasteiger charge is 2.39. The molecule has 2 aromatic rings. The first-order valence-corrected chi connectivity index (χ1v) is 11.2. The number of halogens is 3. The van der Waals surface area contributed by atoms with E-state index < -0.39 is 54.3 Å². The van der Waals surface area contributed by atoms with Gasteiger partial charge in [-0.1, -0.05) is 6.07 Å². The van der Waals surface area contributed by atoms with E-state index in [4.69, 9.17) is 27.5 Å². The Morgan fingerprint density at radius 1 is 1.24 bits per heavy atom. The smallest absolute Gasteiger partial charge is 0.248 e. The maximum absolute atomic E-state index is 13.5. The van der Waals surface area contributed by atoms with Gasteiger partial charge in [-0.2, -0.15) is 0 Å². The number of benzene rings is 2. The third-order valence-electron chi connectivity index (χ3n) is 5.59. The zero-order valence-corrected chi connectivity index (χ0v) is 20.2. The standard InChI is InChI=1S/C22H26F3N5O4.C2H4N2/c23-15-5-12(6-16(24)20(15)25)17(26)9-30(28)18-7-14(34-19(10-31)21(18)32)8-29-13-3-1-2-11(4-13)22(27)33;1-4-2-3/h1-6,9,14,18-19,21,29,31-32H,7-8,10,26,28H2,(H2,27,33);2-3H,1H2/b17-9-;. The fourth-order valence-corrected chi connectivity index (χ4v) is 3.69. The second kappa shape index (κ2) is 14.1. The Hall–Kier alpha value is -3.98. The van der Waals surface area contributed by atoms with Crippen molar-refractivity contribution in [2.45, 2.75) is 30.8 Å². The molecular weight excluding hydrogens is 507 g/mol. The number of hydrogen-bond donors (Lipinski definition) is 7. The van der Waals surface area contributed by atoms with Gasteiger partial charge in [-0.05, 0) is 43.5 Å². The second-order valence-corrected chi connectivity index (χ2v) is 8.20. The average Bonchev–Trinajstić information content (AvgIpc) is 2.90. The summed E-state index contributed by atoms with van der Waals surface area (Å²) in [6.45, 7) is 2.73. The van der Waals surface area contributed by atoms with Crippen LogP contribution in [-0.2, 0) is 4.74 Å². The van der Waals surface area contributed by atoms with E-state index in [9.17, 15) is 28.2 Å². The van der Waals surface area contributed by atoms with Crippen LogP contribution in [0, 0.1) is 22.9 Å². The number of rotatable bonds is 9. The number of amides is 1. The van der Waals surface area contributed by atoms with E-state index in [0.29, 0.717) is 11.3 Å². The third-order valence-corrected chi connectivity index (χ3v) is 5.59. The predicted molar refractivity (Wildman–Crippen MR) is 136 cm³/mol. The molecule has 0 spiro atoms. The molecule has 1 fully saturated rings. The summed E-state index contributed by atoms with van der Waals surface area (Å²) in [5, 5.41) is 30.5. The molecule has 4 unspecified atom stereocenters. The Labute approximate surface area is 216 Å². The Morgan fingerprint density at radius 2 is 1.87 bits per heavy atom. The topological polar surface area (TPSA) is 196 Å². The molecule has 1 aliphatic rings. The molecule has 1 amide bonds. The highest BCUT2D eigenvalue weighted by atomic mass is 19.2. The minimum Gasteiger partial charge on any atom is -0.397 e. The molecule has 10 N–H and O–H groups in total. The fourth-order valence-electron chi connectivity index (χ4n) is 3.69. The van der Waals surface area contributed by atoms with Crippen molar-refractivity contribution in [3.05, 3.63) is 71.2 Å². The van der Waals surface area contributed by atoms with Crippen LogP contribution < -0.4 is 22.6 Å². The molecule has 11 nitrogen and oxygen atoms in total. The van der Waals surface area contributed by atoms with Crippen molar-refractivity contribution in [3.8, 4) is 0 Å². The van der Waals surface area contributed by atoms with Crippen LogP contribution in [0.25, 0.3) is 5.70 Å². The Balaban J connectivity index is 0.00000118. The molecule has 0 saturated carbocycles. The molecule has 38 heavy (non-hydrogen) atoms. The van der Waals surface area contributed by atoms with Crippen LogP contribution >= 0.6 is 0 Å². The summed E-state index contributed by atoms with van der Waals surface area (Å²) < 4.78 is 46.0. The number of ether oxygens (including phenoxy) is 1. The number of carbonyl (C=O) groups excluding carboxylic acids is 1. The first-order valence-electron chi connectivity index (χ1n) is 11.2. The summed E-state index contributed by atoms with van der Waals surface area (Å²) >= 11 is 0. The molecule has 1 saturated heterocycles. The van der Waals surface area contributed by atoms with Crippen LogP contribution in [0.2, 0.25) is 0 Å². The summed E-state index contributed by atoms with van der Waals surface area (Å²) in [4.78, 5) is 14.4. The molecule has 3 rings (SSSR count). The summed E-state index contributed by atoms with van der Waals surface area (Å²) in [6.07, 6.45) is -0.476. The Bertz CT molecular complexity index is 1140. The number of primary amides is 1. The van der Waals surface area contributed by atoms with E-state index in [1.165, 1.54) is 0 Å². The van der Waals surface area contributed by atoms with E-state index in [-0.39, 0.29) is 24.2 Å². The highest BCUT2D eigenvalue weighted by molar-refractivity contribution is 5.93. The lowest BCUT2D eigenvalue weighted by Crippen LogP contribution is -2.58. The van der Waals surface area contributed by atoms with Crippen molar-refractivity contribution in [1.29, 1.82) is 5.41 Å². The lowest BCUT2D eigenvalue weighted by molar-refractivity contribution is -0.157. The van der Waals surface area contributed by atoms with Crippen LogP contribution in [0.4, 0.5) is 18.9 Å². The highest BCUT2D eigenvalue weighted by Crippen LogP contribution is 2.25. The first kappa shape index (κ1) is 30.2. The van der Waals surface area contributed by atoms with Crippen molar-refractivity contribution in [1.82, 2.24) is 5.01 Å². The van der Waals surface area contributed by atoms with Crippen LogP contribution in [0.3, 0.4) is 0 Å². The number of nitrogens with two attached hydrogens (primary N) is 3. The molecule has 0 aromatic heterocycles. The minimum atomic E-state index is -1.62. The predicted octanol–water partition coefficient (Wildman–Crippen LogP) is 0.921. The summed E-state index contributed by atoms with van der Waals surface area (Å²) in [5.74, 6) is 1.05. The molecular formula is C24H30F3N7O4. The van der Waals surface area contributed by atoms with Crippen molar-refractivity contribution in [3.63, 3.8) is 0 Å². The first-order chi connectivity index (χ1) is 18.0. The molecule has 0 bridgehead atoms. The van der Waals surface area contributed by atoms with Gasteiger partial charge >= 0.3 is 0 Å². The van der Waals surface area contributed by atoms with Crippen LogP contribution in [0.5, 0.6) is 0 Å². The van der Waals surface area contributed by atoms with Crippen molar-refractivity contribution in [2.24, 2.45) is 22.3 Å². The van der Waals surface area contributed by atoms with Crippen LogP contribution in [-0.4, -0.2) is 71.7 Å². The largest absolute Gasteiger partial charge is 0.397 e.